The van der Waals surface area contributed by atoms with Crippen LogP contribution in [0.5, 0.6) is 0 Å². The van der Waals surface area contributed by atoms with Gasteiger partial charge < -0.3 is 0 Å². The zero-order valence-electron chi connectivity index (χ0n) is 6.25. The molecule has 0 aromatic carbocycles. The highest BCUT2D eigenvalue weighted by atomic mass is 32.2. The lowest BCUT2D eigenvalue weighted by atomic mass is 10.3. The molecule has 2 nitrogen and oxygen atoms in total. The summed E-state index contributed by atoms with van der Waals surface area (Å²) in [6.45, 7) is 5.19. The molecular weight excluding hydrogens is 144 g/mol. The van der Waals surface area contributed by atoms with Crippen LogP contribution in [0.3, 0.4) is 0 Å². The molecule has 0 spiro atoms. The van der Waals surface area contributed by atoms with Gasteiger partial charge in [0.25, 0.3) is 0 Å². The van der Waals surface area contributed by atoms with Crippen LogP contribution < -0.4 is 0 Å². The van der Waals surface area contributed by atoms with Crippen LogP contribution >= 0.6 is 11.8 Å². The SMILES string of the molecule is C1CN(N2CCSCC2)C1. The van der Waals surface area contributed by atoms with Crippen molar-refractivity contribution in [1.29, 1.82) is 0 Å². The monoisotopic (exact) mass is 158 g/mol. The van der Waals surface area contributed by atoms with E-state index < -0.39 is 0 Å². The van der Waals surface area contributed by atoms with Crippen molar-refractivity contribution in [3.63, 3.8) is 0 Å². The normalized spacial score (nSPS) is 30.0. The minimum Gasteiger partial charge on any atom is -0.242 e. The second-order valence-corrected chi connectivity index (χ2v) is 4.10. The fourth-order valence-electron chi connectivity index (χ4n) is 1.42. The summed E-state index contributed by atoms with van der Waals surface area (Å²) in [6, 6.07) is 0. The number of thioether (sulfide) groups is 1. The van der Waals surface area contributed by atoms with E-state index in [1.165, 1.54) is 44.1 Å². The maximum absolute atomic E-state index is 2.51. The van der Waals surface area contributed by atoms with E-state index in [-0.39, 0.29) is 0 Å². The van der Waals surface area contributed by atoms with Crippen LogP contribution in [-0.4, -0.2) is 47.7 Å². The van der Waals surface area contributed by atoms with E-state index >= 15 is 0 Å². The number of nitrogens with zero attached hydrogens (tertiary/aromatic N) is 2. The summed E-state index contributed by atoms with van der Waals surface area (Å²) in [7, 11) is 0. The van der Waals surface area contributed by atoms with Gasteiger partial charge >= 0.3 is 0 Å². The lowest BCUT2D eigenvalue weighted by Crippen LogP contribution is -2.53. The molecule has 0 radical (unpaired) electrons. The van der Waals surface area contributed by atoms with Crippen molar-refractivity contribution in [2.24, 2.45) is 0 Å². The zero-order chi connectivity index (χ0) is 6.81. The van der Waals surface area contributed by atoms with Crippen LogP contribution in [0.1, 0.15) is 6.42 Å². The summed E-state index contributed by atoms with van der Waals surface area (Å²) in [4.78, 5) is 0. The topological polar surface area (TPSA) is 6.48 Å². The van der Waals surface area contributed by atoms with Gasteiger partial charge in [0.1, 0.15) is 0 Å². The van der Waals surface area contributed by atoms with Crippen molar-refractivity contribution in [2.75, 3.05) is 37.7 Å². The molecule has 0 aromatic heterocycles. The number of hydrazine groups is 1. The molecule has 0 aliphatic carbocycles. The number of hydrogen-bond acceptors (Lipinski definition) is 3. The highest BCUT2D eigenvalue weighted by molar-refractivity contribution is 7.99. The average molecular weight is 158 g/mol. The molecule has 10 heavy (non-hydrogen) atoms. The molecule has 2 fully saturated rings. The second-order valence-electron chi connectivity index (χ2n) is 2.87. The van der Waals surface area contributed by atoms with E-state index in [2.05, 4.69) is 21.8 Å². The summed E-state index contributed by atoms with van der Waals surface area (Å²) >= 11 is 2.08. The van der Waals surface area contributed by atoms with Crippen molar-refractivity contribution in [3.05, 3.63) is 0 Å². The molecule has 3 heteroatoms. The van der Waals surface area contributed by atoms with Gasteiger partial charge in [-0.3, -0.25) is 0 Å². The van der Waals surface area contributed by atoms with Crippen molar-refractivity contribution >= 4 is 11.8 Å². The molecule has 2 heterocycles. The van der Waals surface area contributed by atoms with Gasteiger partial charge in [-0.05, 0) is 6.42 Å². The lowest BCUT2D eigenvalue weighted by Gasteiger charge is -2.42. The molecular formula is C7H14N2S. The molecule has 0 aromatic rings. The quantitative estimate of drug-likeness (QED) is 0.553. The first-order valence-corrected chi connectivity index (χ1v) is 5.20. The molecule has 0 amide bonds. The molecule has 0 unspecified atom stereocenters. The third kappa shape index (κ3) is 1.31. The molecule has 0 saturated carbocycles. The van der Waals surface area contributed by atoms with E-state index in [0.29, 0.717) is 0 Å². The smallest absolute Gasteiger partial charge is 0.0224 e. The summed E-state index contributed by atoms with van der Waals surface area (Å²) < 4.78 is 0. The maximum atomic E-state index is 2.51. The molecule has 2 aliphatic rings. The summed E-state index contributed by atoms with van der Waals surface area (Å²) in [6.07, 6.45) is 1.41. The van der Waals surface area contributed by atoms with E-state index in [9.17, 15) is 0 Å². The Hall–Kier alpha value is 0.270. The molecule has 58 valence electrons. The number of rotatable bonds is 1. The first-order valence-electron chi connectivity index (χ1n) is 4.04. The molecule has 2 aliphatic heterocycles. The van der Waals surface area contributed by atoms with Gasteiger partial charge in [0, 0.05) is 37.7 Å². The Balaban J connectivity index is 1.78. The van der Waals surface area contributed by atoms with Crippen LogP contribution in [0.4, 0.5) is 0 Å². The average Bonchev–Trinajstić information content (AvgIpc) is 1.86. The van der Waals surface area contributed by atoms with Crippen molar-refractivity contribution in [3.8, 4) is 0 Å². The van der Waals surface area contributed by atoms with Gasteiger partial charge in [0.2, 0.25) is 0 Å². The van der Waals surface area contributed by atoms with E-state index in [0.717, 1.165) is 0 Å². The van der Waals surface area contributed by atoms with Gasteiger partial charge in [0.05, 0.1) is 0 Å². The van der Waals surface area contributed by atoms with Crippen molar-refractivity contribution in [1.82, 2.24) is 10.0 Å². The van der Waals surface area contributed by atoms with Gasteiger partial charge in [0.15, 0.2) is 0 Å². The van der Waals surface area contributed by atoms with Crippen LogP contribution in [0.15, 0.2) is 0 Å². The van der Waals surface area contributed by atoms with E-state index in [1.807, 2.05) is 0 Å². The Bertz CT molecular complexity index is 108. The number of hydrogen-bond donors (Lipinski definition) is 0. The van der Waals surface area contributed by atoms with Gasteiger partial charge in [-0.25, -0.2) is 10.0 Å². The molecule has 0 N–H and O–H groups in total. The standard InChI is InChI=1S/C7H14N2S/c1-2-8(3-1)9-4-6-10-7-5-9/h1-7H2. The lowest BCUT2D eigenvalue weighted by molar-refractivity contribution is -0.0648. The predicted octanol–water partition coefficient (Wildman–Crippen LogP) is 0.656. The van der Waals surface area contributed by atoms with Gasteiger partial charge in [-0.15, -0.1) is 0 Å². The fraction of sp³-hybridized carbons (Fsp3) is 1.00. The Morgan fingerprint density at radius 2 is 1.40 bits per heavy atom. The molecule has 2 rings (SSSR count). The van der Waals surface area contributed by atoms with E-state index in [1.54, 1.807) is 0 Å². The zero-order valence-corrected chi connectivity index (χ0v) is 7.07. The van der Waals surface area contributed by atoms with Crippen LogP contribution in [0, 0.1) is 0 Å². The van der Waals surface area contributed by atoms with Crippen LogP contribution in [0.25, 0.3) is 0 Å². The van der Waals surface area contributed by atoms with Crippen LogP contribution in [-0.2, 0) is 0 Å². The Kier molecular flexibility index (Phi) is 2.16. The second kappa shape index (κ2) is 3.11. The fourth-order valence-corrected chi connectivity index (χ4v) is 2.30. The third-order valence-electron chi connectivity index (χ3n) is 2.22. The van der Waals surface area contributed by atoms with Crippen molar-refractivity contribution in [2.45, 2.75) is 6.42 Å². The highest BCUT2D eigenvalue weighted by Crippen LogP contribution is 2.16. The Morgan fingerprint density at radius 3 is 1.90 bits per heavy atom. The summed E-state index contributed by atoms with van der Waals surface area (Å²) in [5.74, 6) is 2.66. The summed E-state index contributed by atoms with van der Waals surface area (Å²) in [5, 5.41) is 5.00. The van der Waals surface area contributed by atoms with Crippen molar-refractivity contribution < 1.29 is 0 Å². The Labute approximate surface area is 66.5 Å². The largest absolute Gasteiger partial charge is 0.242 e. The molecule has 2 saturated heterocycles. The molecule has 0 atom stereocenters. The molecule has 0 bridgehead atoms. The van der Waals surface area contributed by atoms with Gasteiger partial charge in [-0.2, -0.15) is 11.8 Å². The maximum Gasteiger partial charge on any atom is 0.0224 e. The Morgan fingerprint density at radius 1 is 0.800 bits per heavy atom. The first-order chi connectivity index (χ1) is 4.97. The minimum absolute atomic E-state index is 1.28. The predicted molar refractivity (Wildman–Crippen MR) is 45.1 cm³/mol. The summed E-state index contributed by atoms with van der Waals surface area (Å²) in [5.41, 5.74) is 0. The highest BCUT2D eigenvalue weighted by Gasteiger charge is 2.22. The first kappa shape index (κ1) is 6.95. The van der Waals surface area contributed by atoms with E-state index in [4.69, 9.17) is 0 Å². The van der Waals surface area contributed by atoms with Crippen LogP contribution in [0.2, 0.25) is 0 Å². The van der Waals surface area contributed by atoms with Gasteiger partial charge in [-0.1, -0.05) is 0 Å². The minimum atomic E-state index is 1.28. The third-order valence-corrected chi connectivity index (χ3v) is 3.16.